The van der Waals surface area contributed by atoms with Crippen LogP contribution in [0.2, 0.25) is 10.0 Å². The summed E-state index contributed by atoms with van der Waals surface area (Å²) in [6.45, 7) is 5.14. The molecule has 1 aliphatic rings. The minimum Gasteiger partial charge on any atom is -0.350 e. The number of nitrogens with zero attached hydrogens (tertiary/aromatic N) is 1. The van der Waals surface area contributed by atoms with Gasteiger partial charge in [-0.15, -0.1) is 0 Å². The number of carbonyl (C=O) groups excluding carboxylic acids is 2. The molecular formula is C22H25Cl2N3O2. The van der Waals surface area contributed by atoms with Crippen molar-refractivity contribution in [1.82, 2.24) is 10.2 Å². The van der Waals surface area contributed by atoms with Crippen LogP contribution in [0.25, 0.3) is 0 Å². The van der Waals surface area contributed by atoms with Crippen LogP contribution in [0.1, 0.15) is 43.7 Å². The number of amides is 3. The van der Waals surface area contributed by atoms with Gasteiger partial charge in [0.25, 0.3) is 0 Å². The van der Waals surface area contributed by atoms with E-state index in [-0.39, 0.29) is 11.9 Å². The summed E-state index contributed by atoms with van der Waals surface area (Å²) in [7, 11) is 0. The van der Waals surface area contributed by atoms with Gasteiger partial charge in [-0.25, -0.2) is 4.79 Å². The summed E-state index contributed by atoms with van der Waals surface area (Å²) in [5, 5.41) is 6.71. The molecule has 1 atom stereocenters. The second-order valence-electron chi connectivity index (χ2n) is 7.52. The zero-order valence-corrected chi connectivity index (χ0v) is 18.1. The smallest absolute Gasteiger partial charge is 0.322 e. The van der Waals surface area contributed by atoms with Crippen molar-refractivity contribution in [2.45, 2.75) is 45.2 Å². The first-order valence-electron chi connectivity index (χ1n) is 9.74. The quantitative estimate of drug-likeness (QED) is 0.659. The van der Waals surface area contributed by atoms with Gasteiger partial charge in [-0.05, 0) is 54.2 Å². The van der Waals surface area contributed by atoms with E-state index in [0.29, 0.717) is 35.5 Å². The zero-order chi connectivity index (χ0) is 21.0. The van der Waals surface area contributed by atoms with Crippen molar-refractivity contribution in [3.63, 3.8) is 0 Å². The van der Waals surface area contributed by atoms with Crippen molar-refractivity contribution in [3.8, 4) is 0 Å². The van der Waals surface area contributed by atoms with Crippen molar-refractivity contribution in [2.24, 2.45) is 0 Å². The first-order chi connectivity index (χ1) is 13.8. The lowest BCUT2D eigenvalue weighted by Gasteiger charge is -2.24. The molecule has 0 unspecified atom stereocenters. The average molecular weight is 434 g/mol. The molecule has 1 saturated heterocycles. The Hall–Kier alpha value is -2.24. The van der Waals surface area contributed by atoms with Crippen LogP contribution in [0.5, 0.6) is 0 Å². The van der Waals surface area contributed by atoms with Gasteiger partial charge in [0.2, 0.25) is 5.91 Å². The maximum absolute atomic E-state index is 12.7. The van der Waals surface area contributed by atoms with Gasteiger partial charge < -0.3 is 15.5 Å². The molecule has 0 aromatic heterocycles. The second-order valence-corrected chi connectivity index (χ2v) is 8.34. The van der Waals surface area contributed by atoms with Gasteiger partial charge in [-0.1, -0.05) is 55.2 Å². The minimum atomic E-state index is -0.479. The number of halogens is 2. The van der Waals surface area contributed by atoms with Crippen LogP contribution in [-0.4, -0.2) is 29.4 Å². The Bertz CT molecular complexity index is 884. The third-order valence-electron chi connectivity index (χ3n) is 5.10. The van der Waals surface area contributed by atoms with Gasteiger partial charge in [0, 0.05) is 18.8 Å². The van der Waals surface area contributed by atoms with Crippen LogP contribution in [0.3, 0.4) is 0 Å². The molecule has 2 N–H and O–H groups in total. The van der Waals surface area contributed by atoms with Crippen molar-refractivity contribution >= 4 is 40.8 Å². The highest BCUT2D eigenvalue weighted by Gasteiger charge is 2.34. The van der Waals surface area contributed by atoms with E-state index in [4.69, 9.17) is 23.2 Å². The van der Waals surface area contributed by atoms with Crippen molar-refractivity contribution < 1.29 is 9.59 Å². The number of nitrogens with one attached hydrogen (secondary N) is 2. The molecule has 2 aromatic carbocycles. The van der Waals surface area contributed by atoms with E-state index >= 15 is 0 Å². The van der Waals surface area contributed by atoms with Crippen molar-refractivity contribution in [1.29, 1.82) is 0 Å². The van der Waals surface area contributed by atoms with E-state index in [1.54, 1.807) is 17.0 Å². The van der Waals surface area contributed by atoms with Crippen LogP contribution in [0.15, 0.2) is 42.5 Å². The van der Waals surface area contributed by atoms with E-state index in [9.17, 15) is 9.59 Å². The summed E-state index contributed by atoms with van der Waals surface area (Å²) in [6.07, 6.45) is 1.44. The largest absolute Gasteiger partial charge is 0.350 e. The summed E-state index contributed by atoms with van der Waals surface area (Å²) in [5.74, 6) is 0.265. The molecule has 0 radical (unpaired) electrons. The van der Waals surface area contributed by atoms with Crippen LogP contribution in [0, 0.1) is 0 Å². The van der Waals surface area contributed by atoms with Gasteiger partial charge in [-0.2, -0.15) is 0 Å². The van der Waals surface area contributed by atoms with Crippen molar-refractivity contribution in [2.75, 3.05) is 11.9 Å². The Balaban J connectivity index is 1.58. The van der Waals surface area contributed by atoms with E-state index in [2.05, 4.69) is 24.5 Å². The highest BCUT2D eigenvalue weighted by atomic mass is 35.5. The van der Waals surface area contributed by atoms with Gasteiger partial charge in [0.1, 0.15) is 6.04 Å². The number of hydrogen-bond acceptors (Lipinski definition) is 2. The van der Waals surface area contributed by atoms with Crippen molar-refractivity contribution in [3.05, 3.63) is 63.6 Å². The second kappa shape index (κ2) is 9.51. The standard InChI is InChI=1S/C22H25Cl2N3O2/c1-14(2)16-6-8-17(9-7-16)26-22(29)27-11-3-4-20(27)21(28)25-13-15-5-10-18(23)19(24)12-15/h5-10,12,14,20H,3-4,11,13H2,1-2H3,(H,25,28)(H,26,29)/t20-/m0/s1. The van der Waals surface area contributed by atoms with Gasteiger partial charge >= 0.3 is 6.03 Å². The predicted octanol–water partition coefficient (Wildman–Crippen LogP) is 5.43. The highest BCUT2D eigenvalue weighted by molar-refractivity contribution is 6.42. The molecule has 7 heteroatoms. The van der Waals surface area contributed by atoms with Gasteiger partial charge in [0.15, 0.2) is 0 Å². The Labute approximate surface area is 181 Å². The number of likely N-dealkylation sites (tertiary alicyclic amines) is 1. The number of carbonyl (C=O) groups is 2. The lowest BCUT2D eigenvalue weighted by atomic mass is 10.0. The fraction of sp³-hybridized carbons (Fsp3) is 0.364. The summed E-state index contributed by atoms with van der Waals surface area (Å²) in [6, 6.07) is 12.3. The molecule has 1 heterocycles. The Morgan fingerprint density at radius 3 is 2.48 bits per heavy atom. The molecule has 0 spiro atoms. The van der Waals surface area contributed by atoms with Crippen LogP contribution >= 0.6 is 23.2 Å². The molecule has 2 aromatic rings. The minimum absolute atomic E-state index is 0.168. The summed E-state index contributed by atoms with van der Waals surface area (Å²) in [5.41, 5.74) is 2.79. The van der Waals surface area contributed by atoms with E-state index in [0.717, 1.165) is 17.7 Å². The molecule has 0 saturated carbocycles. The summed E-state index contributed by atoms with van der Waals surface area (Å²) >= 11 is 11.9. The van der Waals surface area contributed by atoms with Crippen LogP contribution in [0.4, 0.5) is 10.5 Å². The Kier molecular flexibility index (Phi) is 7.04. The summed E-state index contributed by atoms with van der Waals surface area (Å²) < 4.78 is 0. The highest BCUT2D eigenvalue weighted by Crippen LogP contribution is 2.23. The number of benzene rings is 2. The van der Waals surface area contributed by atoms with E-state index in [1.165, 1.54) is 5.56 Å². The maximum atomic E-state index is 12.7. The third-order valence-corrected chi connectivity index (χ3v) is 5.83. The molecule has 3 amide bonds. The molecule has 1 fully saturated rings. The van der Waals surface area contributed by atoms with Crippen LogP contribution < -0.4 is 10.6 Å². The molecule has 0 aliphatic carbocycles. The van der Waals surface area contributed by atoms with E-state index in [1.807, 2.05) is 30.3 Å². The number of rotatable bonds is 5. The summed E-state index contributed by atoms with van der Waals surface area (Å²) in [4.78, 5) is 27.0. The Morgan fingerprint density at radius 1 is 1.10 bits per heavy atom. The molecule has 0 bridgehead atoms. The SMILES string of the molecule is CC(C)c1ccc(NC(=O)N2CCC[C@H]2C(=O)NCc2ccc(Cl)c(Cl)c2)cc1. The lowest BCUT2D eigenvalue weighted by Crippen LogP contribution is -2.47. The average Bonchev–Trinajstić information content (AvgIpc) is 3.19. The Morgan fingerprint density at radius 2 is 1.83 bits per heavy atom. The first kappa shape index (κ1) is 21.5. The molecular weight excluding hydrogens is 409 g/mol. The molecule has 29 heavy (non-hydrogen) atoms. The maximum Gasteiger partial charge on any atom is 0.322 e. The molecule has 3 rings (SSSR count). The normalized spacial score (nSPS) is 16.2. The topological polar surface area (TPSA) is 61.4 Å². The number of urea groups is 1. The lowest BCUT2D eigenvalue weighted by molar-refractivity contribution is -0.124. The van der Waals surface area contributed by atoms with Crippen LogP contribution in [-0.2, 0) is 11.3 Å². The molecule has 5 nitrogen and oxygen atoms in total. The fourth-order valence-corrected chi connectivity index (χ4v) is 3.71. The third kappa shape index (κ3) is 5.43. The molecule has 154 valence electrons. The van der Waals surface area contributed by atoms with E-state index < -0.39 is 6.04 Å². The van der Waals surface area contributed by atoms with Gasteiger partial charge in [-0.3, -0.25) is 4.79 Å². The molecule has 1 aliphatic heterocycles. The fourth-order valence-electron chi connectivity index (χ4n) is 3.39. The first-order valence-corrected chi connectivity index (χ1v) is 10.5. The zero-order valence-electron chi connectivity index (χ0n) is 16.5. The predicted molar refractivity (Wildman–Crippen MR) is 118 cm³/mol. The number of anilines is 1. The van der Waals surface area contributed by atoms with Gasteiger partial charge in [0.05, 0.1) is 10.0 Å². The monoisotopic (exact) mass is 433 g/mol. The number of hydrogen-bond donors (Lipinski definition) is 2.